The quantitative estimate of drug-likeness (QED) is 0.703. The first-order valence-corrected chi connectivity index (χ1v) is 10.4. The summed E-state index contributed by atoms with van der Waals surface area (Å²) in [6.45, 7) is 2.39. The van der Waals surface area contributed by atoms with Crippen LogP contribution in [0.4, 0.5) is 13.2 Å². The van der Waals surface area contributed by atoms with E-state index in [1.165, 1.54) is 40.2 Å². The van der Waals surface area contributed by atoms with Crippen LogP contribution in [0.1, 0.15) is 21.6 Å². The van der Waals surface area contributed by atoms with E-state index in [0.717, 1.165) is 10.4 Å². The van der Waals surface area contributed by atoms with Crippen LogP contribution >= 0.6 is 0 Å². The van der Waals surface area contributed by atoms with Crippen molar-refractivity contribution in [2.45, 2.75) is 13.1 Å². The Bertz CT molecular complexity index is 1030. The fourth-order valence-corrected chi connectivity index (χ4v) is 4.14. The van der Waals surface area contributed by atoms with E-state index in [1.807, 2.05) is 0 Å². The van der Waals surface area contributed by atoms with Gasteiger partial charge < -0.3 is 4.90 Å². The molecular formula is C17H21F3N6O3S. The Kier molecular flexibility index (Phi) is 5.89. The Labute approximate surface area is 171 Å². The molecule has 0 unspecified atom stereocenters. The van der Waals surface area contributed by atoms with Crippen molar-refractivity contribution in [2.75, 3.05) is 40.3 Å². The van der Waals surface area contributed by atoms with Crippen molar-refractivity contribution >= 4 is 16.1 Å². The number of nitrogens with zero attached hydrogens (tertiary/aromatic N) is 6. The zero-order valence-electron chi connectivity index (χ0n) is 16.6. The zero-order valence-corrected chi connectivity index (χ0v) is 17.4. The van der Waals surface area contributed by atoms with Crippen LogP contribution in [0.5, 0.6) is 0 Å². The summed E-state index contributed by atoms with van der Waals surface area (Å²) in [5.74, 6) is -0.172. The fourth-order valence-electron chi connectivity index (χ4n) is 3.05. The SMILES string of the molecule is Cc1c(C(=O)N2CCN(S(=O)(=O)N(C)C)CC2)cnn1-c1ccc(C(F)(F)F)cn1. The van der Waals surface area contributed by atoms with Gasteiger partial charge in [-0.3, -0.25) is 4.79 Å². The normalized spacial score (nSPS) is 16.3. The summed E-state index contributed by atoms with van der Waals surface area (Å²) >= 11 is 0. The fraction of sp³-hybridized carbons (Fsp3) is 0.471. The van der Waals surface area contributed by atoms with Gasteiger partial charge in [-0.25, -0.2) is 9.67 Å². The maximum absolute atomic E-state index is 12.9. The molecule has 1 aliphatic rings. The van der Waals surface area contributed by atoms with E-state index in [4.69, 9.17) is 0 Å². The number of amides is 1. The lowest BCUT2D eigenvalue weighted by Crippen LogP contribution is -2.53. The van der Waals surface area contributed by atoms with Gasteiger partial charge in [-0.05, 0) is 19.1 Å². The number of alkyl halides is 3. The molecule has 0 bridgehead atoms. The van der Waals surface area contributed by atoms with Gasteiger partial charge in [0.05, 0.1) is 23.0 Å². The Morgan fingerprint density at radius 3 is 2.23 bits per heavy atom. The molecule has 0 aliphatic carbocycles. The first kappa shape index (κ1) is 22.2. The van der Waals surface area contributed by atoms with Gasteiger partial charge in [0.15, 0.2) is 5.82 Å². The monoisotopic (exact) mass is 446 g/mol. The highest BCUT2D eigenvalue weighted by Gasteiger charge is 2.32. The third-order valence-electron chi connectivity index (χ3n) is 4.85. The van der Waals surface area contributed by atoms with Crippen LogP contribution in [0.2, 0.25) is 0 Å². The minimum absolute atomic E-state index is 0.154. The van der Waals surface area contributed by atoms with Gasteiger partial charge in [0.2, 0.25) is 0 Å². The average Bonchev–Trinajstić information content (AvgIpc) is 3.08. The van der Waals surface area contributed by atoms with Crippen molar-refractivity contribution in [3.05, 3.63) is 41.3 Å². The second-order valence-electron chi connectivity index (χ2n) is 6.94. The van der Waals surface area contributed by atoms with E-state index < -0.39 is 21.9 Å². The molecule has 2 aromatic heterocycles. The molecule has 13 heteroatoms. The lowest BCUT2D eigenvalue weighted by molar-refractivity contribution is -0.137. The number of pyridine rings is 1. The third-order valence-corrected chi connectivity index (χ3v) is 6.79. The maximum atomic E-state index is 12.9. The van der Waals surface area contributed by atoms with E-state index in [0.29, 0.717) is 11.9 Å². The second kappa shape index (κ2) is 7.96. The van der Waals surface area contributed by atoms with Crippen LogP contribution in [0.25, 0.3) is 5.82 Å². The highest BCUT2D eigenvalue weighted by molar-refractivity contribution is 7.86. The minimum atomic E-state index is -4.49. The summed E-state index contributed by atoms with van der Waals surface area (Å²) < 4.78 is 66.2. The number of piperazine rings is 1. The molecule has 3 heterocycles. The minimum Gasteiger partial charge on any atom is -0.336 e. The molecule has 0 spiro atoms. The van der Waals surface area contributed by atoms with Gasteiger partial charge in [-0.15, -0.1) is 0 Å². The number of carbonyl (C=O) groups is 1. The molecule has 9 nitrogen and oxygen atoms in total. The number of hydrogen-bond donors (Lipinski definition) is 0. The van der Waals surface area contributed by atoms with Crippen molar-refractivity contribution in [1.29, 1.82) is 0 Å². The summed E-state index contributed by atoms with van der Waals surface area (Å²) in [5.41, 5.74) is -0.172. The standard InChI is InChI=1S/C17H21F3N6O3S/c1-12-14(11-22-26(12)15-5-4-13(10-21-15)17(18,19)20)16(27)24-6-8-25(9-7-24)30(28,29)23(2)3/h4-5,10-11H,6-9H2,1-3H3. The van der Waals surface area contributed by atoms with E-state index in [-0.39, 0.29) is 43.5 Å². The summed E-state index contributed by atoms with van der Waals surface area (Å²) in [6, 6.07) is 2.08. The number of halogens is 3. The highest BCUT2D eigenvalue weighted by Crippen LogP contribution is 2.29. The Morgan fingerprint density at radius 2 is 1.73 bits per heavy atom. The van der Waals surface area contributed by atoms with Gasteiger partial charge in [-0.1, -0.05) is 0 Å². The van der Waals surface area contributed by atoms with Gasteiger partial charge >= 0.3 is 6.18 Å². The predicted octanol–water partition coefficient (Wildman–Crippen LogP) is 1.16. The van der Waals surface area contributed by atoms with Crippen LogP contribution in [-0.2, 0) is 16.4 Å². The highest BCUT2D eigenvalue weighted by atomic mass is 32.2. The second-order valence-corrected chi connectivity index (χ2v) is 9.08. The Morgan fingerprint density at radius 1 is 1.10 bits per heavy atom. The molecule has 1 fully saturated rings. The van der Waals surface area contributed by atoms with Crippen LogP contribution in [-0.4, -0.2) is 82.9 Å². The van der Waals surface area contributed by atoms with Crippen molar-refractivity contribution < 1.29 is 26.4 Å². The summed E-state index contributed by atoms with van der Waals surface area (Å²) in [6.07, 6.45) is -2.45. The lowest BCUT2D eigenvalue weighted by atomic mass is 10.2. The number of aromatic nitrogens is 3. The van der Waals surface area contributed by atoms with Gasteiger partial charge in [0, 0.05) is 46.5 Å². The summed E-state index contributed by atoms with van der Waals surface area (Å²) in [4.78, 5) is 18.2. The van der Waals surface area contributed by atoms with Crippen molar-refractivity contribution in [2.24, 2.45) is 0 Å². The summed E-state index contributed by atoms with van der Waals surface area (Å²) in [5, 5.41) is 4.08. The molecule has 3 rings (SSSR count). The van der Waals surface area contributed by atoms with Gasteiger partial charge in [0.1, 0.15) is 0 Å². The average molecular weight is 446 g/mol. The van der Waals surface area contributed by atoms with Crippen molar-refractivity contribution in [3.8, 4) is 5.82 Å². The molecule has 1 aliphatic heterocycles. The van der Waals surface area contributed by atoms with Crippen molar-refractivity contribution in [1.82, 2.24) is 28.3 Å². The molecule has 0 aromatic carbocycles. The first-order valence-electron chi connectivity index (χ1n) is 8.98. The summed E-state index contributed by atoms with van der Waals surface area (Å²) in [7, 11) is -0.655. The van der Waals surface area contributed by atoms with Gasteiger partial charge in [0.25, 0.3) is 16.1 Å². The smallest absolute Gasteiger partial charge is 0.336 e. The lowest BCUT2D eigenvalue weighted by Gasteiger charge is -2.35. The van der Waals surface area contributed by atoms with E-state index in [2.05, 4.69) is 10.1 Å². The molecule has 1 amide bonds. The Balaban J connectivity index is 1.74. The van der Waals surface area contributed by atoms with E-state index >= 15 is 0 Å². The van der Waals surface area contributed by atoms with Crippen LogP contribution in [0.3, 0.4) is 0 Å². The van der Waals surface area contributed by atoms with Crippen LogP contribution in [0, 0.1) is 6.92 Å². The third kappa shape index (κ3) is 4.18. The van der Waals surface area contributed by atoms with Crippen molar-refractivity contribution in [3.63, 3.8) is 0 Å². The van der Waals surface area contributed by atoms with Crippen LogP contribution < -0.4 is 0 Å². The predicted molar refractivity (Wildman–Crippen MR) is 101 cm³/mol. The first-order chi connectivity index (χ1) is 13.9. The number of hydrogen-bond acceptors (Lipinski definition) is 5. The molecule has 30 heavy (non-hydrogen) atoms. The molecular weight excluding hydrogens is 425 g/mol. The molecule has 2 aromatic rings. The molecule has 0 N–H and O–H groups in total. The van der Waals surface area contributed by atoms with Crippen LogP contribution in [0.15, 0.2) is 24.5 Å². The maximum Gasteiger partial charge on any atom is 0.417 e. The Hall–Kier alpha value is -2.51. The number of rotatable bonds is 4. The number of carbonyl (C=O) groups excluding carboxylic acids is 1. The molecule has 0 radical (unpaired) electrons. The van der Waals surface area contributed by atoms with E-state index in [1.54, 1.807) is 6.92 Å². The largest absolute Gasteiger partial charge is 0.417 e. The molecule has 164 valence electrons. The van der Waals surface area contributed by atoms with Gasteiger partial charge in [-0.2, -0.15) is 35.3 Å². The molecule has 0 atom stereocenters. The zero-order chi connectivity index (χ0) is 22.3. The molecule has 1 saturated heterocycles. The molecule has 0 saturated carbocycles. The topological polar surface area (TPSA) is 91.6 Å². The van der Waals surface area contributed by atoms with E-state index in [9.17, 15) is 26.4 Å².